The van der Waals surface area contributed by atoms with Crippen LogP contribution in [0.25, 0.3) is 11.1 Å². The molecule has 0 bridgehead atoms. The van der Waals surface area contributed by atoms with Gasteiger partial charge in [-0.2, -0.15) is 0 Å². The molecule has 0 saturated heterocycles. The van der Waals surface area contributed by atoms with Crippen molar-refractivity contribution in [3.05, 3.63) is 48.5 Å². The third-order valence-electron chi connectivity index (χ3n) is 2.74. The summed E-state index contributed by atoms with van der Waals surface area (Å²) in [6.45, 7) is 0. The summed E-state index contributed by atoms with van der Waals surface area (Å²) in [4.78, 5) is 0. The summed E-state index contributed by atoms with van der Waals surface area (Å²) in [6, 6.07) is 13.6. The smallest absolute Gasteiger partial charge is 0.229 e. The molecule has 0 saturated carbocycles. The fourth-order valence-corrected chi connectivity index (χ4v) is 3.17. The van der Waals surface area contributed by atoms with E-state index in [1.165, 1.54) is 0 Å². The molecule has 0 aliphatic heterocycles. The molecular formula is C14H16N2O4S2. The average molecular weight is 340 g/mol. The van der Waals surface area contributed by atoms with E-state index in [2.05, 4.69) is 9.44 Å². The predicted molar refractivity (Wildman–Crippen MR) is 88.8 cm³/mol. The van der Waals surface area contributed by atoms with Crippen molar-refractivity contribution in [3.63, 3.8) is 0 Å². The highest BCUT2D eigenvalue weighted by atomic mass is 32.2. The average Bonchev–Trinajstić information content (AvgIpc) is 2.36. The van der Waals surface area contributed by atoms with E-state index in [0.29, 0.717) is 22.5 Å². The van der Waals surface area contributed by atoms with E-state index in [9.17, 15) is 16.8 Å². The van der Waals surface area contributed by atoms with Crippen molar-refractivity contribution in [1.82, 2.24) is 0 Å². The summed E-state index contributed by atoms with van der Waals surface area (Å²) in [6.07, 6.45) is 2.12. The predicted octanol–water partition coefficient (Wildman–Crippen LogP) is 2.10. The molecule has 6 nitrogen and oxygen atoms in total. The Bertz CT molecular complexity index is 815. The maximum absolute atomic E-state index is 11.5. The minimum absolute atomic E-state index is 0.382. The summed E-state index contributed by atoms with van der Waals surface area (Å²) in [5.74, 6) is 0. The van der Waals surface area contributed by atoms with Crippen LogP contribution in [-0.2, 0) is 20.0 Å². The van der Waals surface area contributed by atoms with Gasteiger partial charge in [-0.25, -0.2) is 16.8 Å². The van der Waals surface area contributed by atoms with Crippen LogP contribution in [0.4, 0.5) is 11.4 Å². The molecule has 0 heterocycles. The number of benzene rings is 2. The van der Waals surface area contributed by atoms with Gasteiger partial charge in [0.25, 0.3) is 0 Å². The van der Waals surface area contributed by atoms with E-state index in [4.69, 9.17) is 0 Å². The number of hydrogen-bond acceptors (Lipinski definition) is 4. The van der Waals surface area contributed by atoms with Crippen molar-refractivity contribution in [3.8, 4) is 11.1 Å². The normalized spacial score (nSPS) is 11.9. The zero-order valence-electron chi connectivity index (χ0n) is 12.1. The largest absolute Gasteiger partial charge is 0.283 e. The van der Waals surface area contributed by atoms with E-state index in [1.807, 2.05) is 0 Å². The number of nitrogens with one attached hydrogen (secondary N) is 2. The molecule has 0 unspecified atom stereocenters. The number of sulfonamides is 2. The molecule has 0 aromatic heterocycles. The Morgan fingerprint density at radius 2 is 0.955 bits per heavy atom. The van der Waals surface area contributed by atoms with Crippen LogP contribution in [0, 0.1) is 0 Å². The highest BCUT2D eigenvalue weighted by Crippen LogP contribution is 2.34. The van der Waals surface area contributed by atoms with Crippen LogP contribution in [0.15, 0.2) is 48.5 Å². The molecule has 0 amide bonds. The Morgan fingerprint density at radius 1 is 0.636 bits per heavy atom. The summed E-state index contributed by atoms with van der Waals surface area (Å²) < 4.78 is 50.8. The highest BCUT2D eigenvalue weighted by molar-refractivity contribution is 7.92. The molecule has 0 atom stereocenters. The van der Waals surface area contributed by atoms with Gasteiger partial charge in [0.2, 0.25) is 20.0 Å². The molecule has 8 heteroatoms. The third-order valence-corrected chi connectivity index (χ3v) is 3.92. The second kappa shape index (κ2) is 5.98. The van der Waals surface area contributed by atoms with Crippen LogP contribution in [0.2, 0.25) is 0 Å². The van der Waals surface area contributed by atoms with E-state index >= 15 is 0 Å². The van der Waals surface area contributed by atoms with Gasteiger partial charge in [-0.15, -0.1) is 0 Å². The van der Waals surface area contributed by atoms with Gasteiger partial charge in [0.05, 0.1) is 23.9 Å². The molecule has 2 aromatic rings. The lowest BCUT2D eigenvalue weighted by atomic mass is 10.0. The monoisotopic (exact) mass is 340 g/mol. The van der Waals surface area contributed by atoms with Crippen molar-refractivity contribution in [2.75, 3.05) is 22.0 Å². The standard InChI is InChI=1S/C14H16N2O4S2/c1-21(17,18)15-13-9-5-3-7-11(13)12-8-4-6-10-14(12)16-22(2,19)20/h3-10,15-16H,1-2H3. The van der Waals surface area contributed by atoms with Gasteiger partial charge in [0, 0.05) is 11.1 Å². The highest BCUT2D eigenvalue weighted by Gasteiger charge is 2.13. The Labute approximate surface area is 130 Å². The summed E-state index contributed by atoms with van der Waals surface area (Å²) in [5.41, 5.74) is 1.93. The molecule has 0 fully saturated rings. The Morgan fingerprint density at radius 3 is 1.27 bits per heavy atom. The molecule has 0 aliphatic rings. The first kappa shape index (κ1) is 16.3. The van der Waals surface area contributed by atoms with E-state index in [-0.39, 0.29) is 0 Å². The van der Waals surface area contributed by atoms with E-state index in [0.717, 1.165) is 12.5 Å². The van der Waals surface area contributed by atoms with Crippen molar-refractivity contribution in [2.45, 2.75) is 0 Å². The second-order valence-electron chi connectivity index (χ2n) is 4.84. The Hall–Kier alpha value is -2.06. The van der Waals surface area contributed by atoms with Gasteiger partial charge in [-0.1, -0.05) is 36.4 Å². The lowest BCUT2D eigenvalue weighted by Gasteiger charge is -2.14. The zero-order chi connectivity index (χ0) is 16.4. The first-order valence-corrected chi connectivity index (χ1v) is 10.1. The van der Waals surface area contributed by atoms with Gasteiger partial charge < -0.3 is 0 Å². The molecule has 0 radical (unpaired) electrons. The van der Waals surface area contributed by atoms with Crippen molar-refractivity contribution in [2.24, 2.45) is 0 Å². The molecular weight excluding hydrogens is 324 g/mol. The first-order valence-electron chi connectivity index (χ1n) is 6.30. The van der Waals surface area contributed by atoms with Crippen molar-refractivity contribution in [1.29, 1.82) is 0 Å². The van der Waals surface area contributed by atoms with Crippen molar-refractivity contribution >= 4 is 31.4 Å². The van der Waals surface area contributed by atoms with Crippen LogP contribution in [0.1, 0.15) is 0 Å². The summed E-state index contributed by atoms with van der Waals surface area (Å²) >= 11 is 0. The number of para-hydroxylation sites is 2. The minimum atomic E-state index is -3.44. The Kier molecular flexibility index (Phi) is 4.43. The third kappa shape index (κ3) is 4.47. The van der Waals surface area contributed by atoms with Gasteiger partial charge in [0.1, 0.15) is 0 Å². The maximum Gasteiger partial charge on any atom is 0.229 e. The minimum Gasteiger partial charge on any atom is -0.283 e. The fourth-order valence-electron chi connectivity index (χ4n) is 2.01. The molecule has 2 N–H and O–H groups in total. The van der Waals surface area contributed by atoms with E-state index < -0.39 is 20.0 Å². The molecule has 0 aliphatic carbocycles. The second-order valence-corrected chi connectivity index (χ2v) is 8.34. The van der Waals surface area contributed by atoms with Gasteiger partial charge in [0.15, 0.2) is 0 Å². The van der Waals surface area contributed by atoms with Crippen LogP contribution in [0.5, 0.6) is 0 Å². The topological polar surface area (TPSA) is 92.3 Å². The lowest BCUT2D eigenvalue weighted by Crippen LogP contribution is -2.12. The van der Waals surface area contributed by atoms with Crippen molar-refractivity contribution < 1.29 is 16.8 Å². The maximum atomic E-state index is 11.5. The quantitative estimate of drug-likeness (QED) is 0.872. The molecule has 118 valence electrons. The van der Waals surface area contributed by atoms with Crippen LogP contribution >= 0.6 is 0 Å². The molecule has 2 aromatic carbocycles. The molecule has 22 heavy (non-hydrogen) atoms. The fraction of sp³-hybridized carbons (Fsp3) is 0.143. The Balaban J connectivity index is 2.58. The summed E-state index contributed by atoms with van der Waals surface area (Å²) in [5, 5.41) is 0. The summed E-state index contributed by atoms with van der Waals surface area (Å²) in [7, 11) is -6.89. The molecule has 2 rings (SSSR count). The lowest BCUT2D eigenvalue weighted by molar-refractivity contribution is 0.605. The van der Waals surface area contributed by atoms with Gasteiger partial charge >= 0.3 is 0 Å². The van der Waals surface area contributed by atoms with Crippen LogP contribution in [0.3, 0.4) is 0 Å². The number of hydrogen-bond donors (Lipinski definition) is 2. The van der Waals surface area contributed by atoms with E-state index in [1.54, 1.807) is 48.5 Å². The zero-order valence-corrected chi connectivity index (χ0v) is 13.7. The molecule has 0 spiro atoms. The van der Waals surface area contributed by atoms with Gasteiger partial charge in [-0.3, -0.25) is 9.44 Å². The van der Waals surface area contributed by atoms with Crippen LogP contribution < -0.4 is 9.44 Å². The van der Waals surface area contributed by atoms with Gasteiger partial charge in [-0.05, 0) is 12.1 Å². The SMILES string of the molecule is CS(=O)(=O)Nc1ccccc1-c1ccccc1NS(C)(=O)=O. The van der Waals surface area contributed by atoms with Crippen LogP contribution in [-0.4, -0.2) is 29.3 Å². The number of rotatable bonds is 5. The first-order chi connectivity index (χ1) is 10.2. The number of anilines is 2.